The Labute approximate surface area is 219 Å². The smallest absolute Gasteiger partial charge is 0.317 e. The summed E-state index contributed by atoms with van der Waals surface area (Å²) in [6.07, 6.45) is 9.10. The van der Waals surface area contributed by atoms with Crippen molar-refractivity contribution in [3.8, 4) is 0 Å². The van der Waals surface area contributed by atoms with E-state index in [1.54, 1.807) is 4.90 Å². The van der Waals surface area contributed by atoms with Crippen LogP contribution in [0.25, 0.3) is 0 Å². The normalized spacial score (nSPS) is 21.2. The molecular weight excluding hydrogens is 478 g/mol. The van der Waals surface area contributed by atoms with Crippen molar-refractivity contribution < 1.29 is 23.5 Å². The molecule has 3 atom stereocenters. The summed E-state index contributed by atoms with van der Waals surface area (Å²) in [5.74, 6) is -1.45. The molecular formula is C28H44F2N4O3. The second kappa shape index (κ2) is 14.0. The quantitative estimate of drug-likeness (QED) is 0.330. The van der Waals surface area contributed by atoms with Crippen molar-refractivity contribution in [3.05, 3.63) is 35.4 Å². The number of likely N-dealkylation sites (tertiary alicyclic amines) is 1. The molecule has 3 amide bonds. The third-order valence-electron chi connectivity index (χ3n) is 7.98. The van der Waals surface area contributed by atoms with E-state index in [0.717, 1.165) is 12.5 Å². The van der Waals surface area contributed by atoms with Gasteiger partial charge in [-0.1, -0.05) is 32.1 Å². The fourth-order valence-electron chi connectivity index (χ4n) is 6.09. The van der Waals surface area contributed by atoms with Crippen molar-refractivity contribution in [2.75, 3.05) is 33.2 Å². The van der Waals surface area contributed by atoms with Gasteiger partial charge in [0.25, 0.3) is 0 Å². The Kier molecular flexibility index (Phi) is 11.1. The summed E-state index contributed by atoms with van der Waals surface area (Å²) in [4.78, 5) is 26.3. The maximum Gasteiger partial charge on any atom is 0.317 e. The summed E-state index contributed by atoms with van der Waals surface area (Å²) in [5, 5.41) is 21.0. The van der Waals surface area contributed by atoms with Crippen LogP contribution in [0.4, 0.5) is 13.6 Å². The van der Waals surface area contributed by atoms with Crippen LogP contribution in [0.1, 0.15) is 76.7 Å². The number of aliphatic hydroxyl groups is 1. The molecule has 1 aliphatic heterocycles. The first-order chi connectivity index (χ1) is 17.7. The highest BCUT2D eigenvalue weighted by molar-refractivity contribution is 5.74. The van der Waals surface area contributed by atoms with E-state index >= 15 is 0 Å². The van der Waals surface area contributed by atoms with Crippen molar-refractivity contribution in [2.24, 2.45) is 11.8 Å². The molecule has 208 valence electrons. The average Bonchev–Trinajstić information content (AvgIpc) is 2.86. The lowest BCUT2D eigenvalue weighted by atomic mass is 9.74. The number of amides is 3. The van der Waals surface area contributed by atoms with E-state index in [1.165, 1.54) is 51.2 Å². The number of nitrogens with one attached hydrogen (secondary N) is 3. The molecule has 9 heteroatoms. The highest BCUT2D eigenvalue weighted by Crippen LogP contribution is 2.40. The summed E-state index contributed by atoms with van der Waals surface area (Å²) >= 11 is 0. The zero-order valence-electron chi connectivity index (χ0n) is 22.3. The van der Waals surface area contributed by atoms with Gasteiger partial charge in [0, 0.05) is 51.1 Å². The summed E-state index contributed by atoms with van der Waals surface area (Å²) in [7, 11) is 1.89. The zero-order valence-corrected chi connectivity index (χ0v) is 22.3. The van der Waals surface area contributed by atoms with Gasteiger partial charge in [0.15, 0.2) is 0 Å². The summed E-state index contributed by atoms with van der Waals surface area (Å²) in [6.45, 7) is 3.31. The van der Waals surface area contributed by atoms with Crippen LogP contribution in [0.5, 0.6) is 0 Å². The van der Waals surface area contributed by atoms with Gasteiger partial charge in [-0.25, -0.2) is 13.6 Å². The molecule has 0 spiro atoms. The van der Waals surface area contributed by atoms with Crippen molar-refractivity contribution in [1.82, 2.24) is 20.9 Å². The SMILES string of the molecule is CNCC(CC1CCCCC1)NC(=O)N1CCC[C@@H]([C@@](O)(CCCNC(C)=O)c2cc(F)cc(F)c2)C1. The predicted molar refractivity (Wildman–Crippen MR) is 140 cm³/mol. The monoisotopic (exact) mass is 522 g/mol. The minimum absolute atomic E-state index is 0.0230. The molecule has 3 rings (SSSR count). The summed E-state index contributed by atoms with van der Waals surface area (Å²) in [5.41, 5.74) is -1.36. The number of piperidine rings is 1. The maximum atomic E-state index is 14.1. The Morgan fingerprint density at radius 1 is 1.11 bits per heavy atom. The van der Waals surface area contributed by atoms with Gasteiger partial charge in [-0.2, -0.15) is 0 Å². The number of carbonyl (C=O) groups is 2. The predicted octanol–water partition coefficient (Wildman–Crippen LogP) is 4.05. The van der Waals surface area contributed by atoms with Gasteiger partial charge >= 0.3 is 6.03 Å². The molecule has 0 radical (unpaired) electrons. The molecule has 1 aliphatic carbocycles. The molecule has 0 bridgehead atoms. The van der Waals surface area contributed by atoms with Gasteiger partial charge in [-0.3, -0.25) is 4.79 Å². The number of carbonyl (C=O) groups excluding carboxylic acids is 2. The Bertz CT molecular complexity index is 876. The molecule has 37 heavy (non-hydrogen) atoms. The average molecular weight is 523 g/mol. The second-order valence-corrected chi connectivity index (χ2v) is 10.9. The Morgan fingerprint density at radius 2 is 1.81 bits per heavy atom. The molecule has 1 unspecified atom stereocenters. The molecule has 0 aromatic heterocycles. The molecule has 7 nitrogen and oxygen atoms in total. The third-order valence-corrected chi connectivity index (χ3v) is 7.98. The first-order valence-electron chi connectivity index (χ1n) is 13.8. The Hall–Kier alpha value is -2.26. The first-order valence-corrected chi connectivity index (χ1v) is 13.8. The van der Waals surface area contributed by atoms with Crippen LogP contribution in [0.3, 0.4) is 0 Å². The van der Waals surface area contributed by atoms with Crippen molar-refractivity contribution in [2.45, 2.75) is 82.8 Å². The van der Waals surface area contributed by atoms with Crippen LogP contribution in [0.15, 0.2) is 18.2 Å². The van der Waals surface area contributed by atoms with Gasteiger partial charge in [-0.05, 0) is 62.8 Å². The Balaban J connectivity index is 1.71. The lowest BCUT2D eigenvalue weighted by molar-refractivity contribution is -0.119. The highest BCUT2D eigenvalue weighted by Gasteiger charge is 2.42. The molecule has 1 saturated carbocycles. The van der Waals surface area contributed by atoms with Crippen LogP contribution in [-0.2, 0) is 10.4 Å². The number of nitrogens with zero attached hydrogens (tertiary/aromatic N) is 1. The molecule has 1 aromatic rings. The maximum absolute atomic E-state index is 14.1. The molecule has 1 saturated heterocycles. The minimum Gasteiger partial charge on any atom is -0.385 e. The minimum atomic E-state index is -1.53. The van der Waals surface area contributed by atoms with Crippen LogP contribution in [0.2, 0.25) is 0 Å². The number of benzene rings is 1. The van der Waals surface area contributed by atoms with Crippen molar-refractivity contribution >= 4 is 11.9 Å². The molecule has 1 aromatic carbocycles. The van der Waals surface area contributed by atoms with E-state index < -0.39 is 23.2 Å². The zero-order chi connectivity index (χ0) is 26.8. The number of rotatable bonds is 11. The highest BCUT2D eigenvalue weighted by atomic mass is 19.1. The fraction of sp³-hybridized carbons (Fsp3) is 0.714. The number of likely N-dealkylation sites (N-methyl/N-ethyl adjacent to an activating group) is 1. The largest absolute Gasteiger partial charge is 0.385 e. The fourth-order valence-corrected chi connectivity index (χ4v) is 6.09. The van der Waals surface area contributed by atoms with Crippen LogP contribution in [-0.4, -0.2) is 61.2 Å². The van der Waals surface area contributed by atoms with E-state index in [-0.39, 0.29) is 36.5 Å². The van der Waals surface area contributed by atoms with E-state index in [9.17, 15) is 23.5 Å². The summed E-state index contributed by atoms with van der Waals surface area (Å²) < 4.78 is 28.3. The first kappa shape index (κ1) is 29.3. The van der Waals surface area contributed by atoms with Crippen LogP contribution in [0, 0.1) is 23.5 Å². The van der Waals surface area contributed by atoms with E-state index in [4.69, 9.17) is 0 Å². The van der Waals surface area contributed by atoms with E-state index in [1.807, 2.05) is 7.05 Å². The van der Waals surface area contributed by atoms with Gasteiger partial charge in [0.2, 0.25) is 5.91 Å². The number of urea groups is 1. The van der Waals surface area contributed by atoms with Crippen LogP contribution >= 0.6 is 0 Å². The van der Waals surface area contributed by atoms with Crippen molar-refractivity contribution in [3.63, 3.8) is 0 Å². The lowest BCUT2D eigenvalue weighted by Gasteiger charge is -2.43. The molecule has 2 aliphatic rings. The summed E-state index contributed by atoms with van der Waals surface area (Å²) in [6, 6.07) is 3.00. The number of hydrogen-bond acceptors (Lipinski definition) is 4. The van der Waals surface area contributed by atoms with Gasteiger partial charge in [0.1, 0.15) is 11.6 Å². The molecule has 4 N–H and O–H groups in total. The van der Waals surface area contributed by atoms with Crippen molar-refractivity contribution in [1.29, 1.82) is 0 Å². The lowest BCUT2D eigenvalue weighted by Crippen LogP contribution is -2.54. The van der Waals surface area contributed by atoms with E-state index in [2.05, 4.69) is 16.0 Å². The standard InChI is InChI=1S/C28H44F2N4O3/c1-20(35)32-12-7-11-28(37,23-15-24(29)17-25(30)16-23)22-10-6-13-34(19-22)27(36)33-26(18-31-2)14-21-8-4-3-5-9-21/h15-17,21-22,26,31,37H,3-14,18-19H2,1-2H3,(H,32,35)(H,33,36)/t22-,26?,28+/m1/s1. The Morgan fingerprint density at radius 3 is 2.46 bits per heavy atom. The molecule has 1 heterocycles. The van der Waals surface area contributed by atoms with E-state index in [0.29, 0.717) is 44.8 Å². The second-order valence-electron chi connectivity index (χ2n) is 10.9. The molecule has 2 fully saturated rings. The van der Waals surface area contributed by atoms with Gasteiger partial charge < -0.3 is 26.0 Å². The third kappa shape index (κ3) is 8.64. The van der Waals surface area contributed by atoms with Gasteiger partial charge in [0.05, 0.1) is 5.60 Å². The van der Waals surface area contributed by atoms with Crippen LogP contribution < -0.4 is 16.0 Å². The topological polar surface area (TPSA) is 93.7 Å². The van der Waals surface area contributed by atoms with Gasteiger partial charge in [-0.15, -0.1) is 0 Å². The number of hydrogen-bond donors (Lipinski definition) is 4. The number of halogens is 2.